The van der Waals surface area contributed by atoms with Gasteiger partial charge in [-0.05, 0) is 38.6 Å². The molecular formula is C15H28N2O2. The first-order valence-corrected chi connectivity index (χ1v) is 7.85. The van der Waals surface area contributed by atoms with E-state index >= 15 is 0 Å². The first-order chi connectivity index (χ1) is 9.24. The van der Waals surface area contributed by atoms with Gasteiger partial charge < -0.3 is 15.7 Å². The molecule has 0 spiro atoms. The highest BCUT2D eigenvalue weighted by Gasteiger charge is 2.30. The fourth-order valence-electron chi connectivity index (χ4n) is 2.95. The van der Waals surface area contributed by atoms with Crippen LogP contribution in [0.5, 0.6) is 0 Å². The van der Waals surface area contributed by atoms with E-state index in [1.165, 1.54) is 19.3 Å². The molecule has 0 saturated heterocycles. The molecule has 0 bridgehead atoms. The van der Waals surface area contributed by atoms with E-state index in [1.807, 2.05) is 0 Å². The van der Waals surface area contributed by atoms with Gasteiger partial charge in [0, 0.05) is 31.0 Å². The molecule has 0 aromatic heterocycles. The van der Waals surface area contributed by atoms with Crippen molar-refractivity contribution in [1.82, 2.24) is 10.6 Å². The Morgan fingerprint density at radius 1 is 1.21 bits per heavy atom. The molecule has 0 aliphatic heterocycles. The zero-order valence-electron chi connectivity index (χ0n) is 11.9. The number of carbonyl (C=O) groups excluding carboxylic acids is 1. The van der Waals surface area contributed by atoms with Gasteiger partial charge in [0.1, 0.15) is 0 Å². The molecule has 19 heavy (non-hydrogen) atoms. The maximum atomic E-state index is 11.5. The Morgan fingerprint density at radius 2 is 1.95 bits per heavy atom. The SMILES string of the molecule is O=C(CCCNCC1(CO)CCCCC1)NC1CC1. The molecule has 2 rings (SSSR count). The van der Waals surface area contributed by atoms with E-state index in [0.717, 1.165) is 45.2 Å². The molecule has 0 radical (unpaired) electrons. The lowest BCUT2D eigenvalue weighted by Gasteiger charge is -2.35. The van der Waals surface area contributed by atoms with Crippen LogP contribution in [0.3, 0.4) is 0 Å². The topological polar surface area (TPSA) is 61.4 Å². The summed E-state index contributed by atoms with van der Waals surface area (Å²) in [7, 11) is 0. The van der Waals surface area contributed by atoms with Gasteiger partial charge in [-0.2, -0.15) is 0 Å². The van der Waals surface area contributed by atoms with Crippen LogP contribution in [0.4, 0.5) is 0 Å². The van der Waals surface area contributed by atoms with Gasteiger partial charge in [0.05, 0.1) is 0 Å². The van der Waals surface area contributed by atoms with Gasteiger partial charge in [0.2, 0.25) is 5.91 Å². The van der Waals surface area contributed by atoms with E-state index in [1.54, 1.807) is 0 Å². The second-order valence-electron chi connectivity index (χ2n) is 6.34. The highest BCUT2D eigenvalue weighted by molar-refractivity contribution is 5.76. The van der Waals surface area contributed by atoms with Crippen LogP contribution < -0.4 is 10.6 Å². The summed E-state index contributed by atoms with van der Waals surface area (Å²) in [6.07, 6.45) is 9.89. The minimum Gasteiger partial charge on any atom is -0.396 e. The Hall–Kier alpha value is -0.610. The number of aliphatic hydroxyl groups excluding tert-OH is 1. The largest absolute Gasteiger partial charge is 0.396 e. The Balaban J connectivity index is 1.53. The van der Waals surface area contributed by atoms with Crippen molar-refractivity contribution in [1.29, 1.82) is 0 Å². The molecule has 0 aromatic carbocycles. The number of carbonyl (C=O) groups is 1. The molecule has 0 atom stereocenters. The molecule has 2 aliphatic rings. The third-order valence-corrected chi connectivity index (χ3v) is 4.45. The van der Waals surface area contributed by atoms with Crippen LogP contribution in [0.1, 0.15) is 57.8 Å². The summed E-state index contributed by atoms with van der Waals surface area (Å²) in [4.78, 5) is 11.5. The first kappa shape index (κ1) is 14.8. The van der Waals surface area contributed by atoms with Crippen molar-refractivity contribution in [2.75, 3.05) is 19.7 Å². The quantitative estimate of drug-likeness (QED) is 0.586. The Morgan fingerprint density at radius 3 is 2.58 bits per heavy atom. The molecular weight excluding hydrogens is 240 g/mol. The number of aliphatic hydroxyl groups is 1. The Bertz CT molecular complexity index is 284. The van der Waals surface area contributed by atoms with Crippen LogP contribution in [0.25, 0.3) is 0 Å². The average Bonchev–Trinajstić information content (AvgIpc) is 3.23. The molecule has 110 valence electrons. The second-order valence-corrected chi connectivity index (χ2v) is 6.34. The zero-order chi connectivity index (χ0) is 13.6. The van der Waals surface area contributed by atoms with Gasteiger partial charge in [-0.25, -0.2) is 0 Å². The van der Waals surface area contributed by atoms with Crippen molar-refractivity contribution in [2.45, 2.75) is 63.8 Å². The Labute approximate surface area is 116 Å². The van der Waals surface area contributed by atoms with Gasteiger partial charge in [0.25, 0.3) is 0 Å². The minimum absolute atomic E-state index is 0.106. The lowest BCUT2D eigenvalue weighted by Crippen LogP contribution is -2.39. The van der Waals surface area contributed by atoms with E-state index in [-0.39, 0.29) is 11.3 Å². The van der Waals surface area contributed by atoms with Crippen molar-refractivity contribution in [3.63, 3.8) is 0 Å². The zero-order valence-corrected chi connectivity index (χ0v) is 11.9. The molecule has 3 N–H and O–H groups in total. The standard InChI is InChI=1S/C15H28N2O2/c18-12-15(8-2-1-3-9-15)11-16-10-4-5-14(19)17-13-6-7-13/h13,16,18H,1-12H2,(H,17,19). The highest BCUT2D eigenvalue weighted by atomic mass is 16.3. The number of nitrogens with one attached hydrogen (secondary N) is 2. The minimum atomic E-state index is 0.106. The molecule has 4 heteroatoms. The molecule has 2 saturated carbocycles. The van der Waals surface area contributed by atoms with Crippen LogP contribution >= 0.6 is 0 Å². The van der Waals surface area contributed by atoms with Gasteiger partial charge >= 0.3 is 0 Å². The monoisotopic (exact) mass is 268 g/mol. The maximum absolute atomic E-state index is 11.5. The number of amides is 1. The van der Waals surface area contributed by atoms with E-state index in [9.17, 15) is 9.90 Å². The van der Waals surface area contributed by atoms with Gasteiger partial charge in [-0.3, -0.25) is 4.79 Å². The van der Waals surface area contributed by atoms with Crippen molar-refractivity contribution in [3.05, 3.63) is 0 Å². The average molecular weight is 268 g/mol. The van der Waals surface area contributed by atoms with Crippen molar-refractivity contribution < 1.29 is 9.90 Å². The van der Waals surface area contributed by atoms with Crippen LogP contribution in [0.2, 0.25) is 0 Å². The molecule has 0 unspecified atom stereocenters. The number of rotatable bonds is 8. The summed E-state index contributed by atoms with van der Waals surface area (Å²) in [6, 6.07) is 0.473. The van der Waals surface area contributed by atoms with E-state index in [0.29, 0.717) is 19.1 Å². The number of hydrogen-bond donors (Lipinski definition) is 3. The summed E-state index contributed by atoms with van der Waals surface area (Å²) in [5.41, 5.74) is 0.106. The summed E-state index contributed by atoms with van der Waals surface area (Å²) >= 11 is 0. The molecule has 0 heterocycles. The maximum Gasteiger partial charge on any atom is 0.220 e. The fraction of sp³-hybridized carbons (Fsp3) is 0.933. The molecule has 2 fully saturated rings. The first-order valence-electron chi connectivity index (χ1n) is 7.85. The second kappa shape index (κ2) is 7.25. The van der Waals surface area contributed by atoms with Gasteiger partial charge in [-0.1, -0.05) is 19.3 Å². The molecule has 4 nitrogen and oxygen atoms in total. The summed E-state index contributed by atoms with van der Waals surface area (Å²) in [5, 5.41) is 16.0. The summed E-state index contributed by atoms with van der Waals surface area (Å²) in [6.45, 7) is 2.07. The number of hydrogen-bond acceptors (Lipinski definition) is 3. The normalized spacial score (nSPS) is 22.2. The molecule has 1 amide bonds. The molecule has 2 aliphatic carbocycles. The van der Waals surface area contributed by atoms with Crippen LogP contribution in [0, 0.1) is 5.41 Å². The van der Waals surface area contributed by atoms with Crippen molar-refractivity contribution in [3.8, 4) is 0 Å². The van der Waals surface area contributed by atoms with Crippen molar-refractivity contribution >= 4 is 5.91 Å². The van der Waals surface area contributed by atoms with Crippen molar-refractivity contribution in [2.24, 2.45) is 5.41 Å². The molecule has 0 aromatic rings. The lowest BCUT2D eigenvalue weighted by atomic mass is 9.74. The third kappa shape index (κ3) is 5.11. The highest BCUT2D eigenvalue weighted by Crippen LogP contribution is 2.35. The fourth-order valence-corrected chi connectivity index (χ4v) is 2.95. The predicted molar refractivity (Wildman–Crippen MR) is 75.9 cm³/mol. The predicted octanol–water partition coefficient (Wildman–Crippen LogP) is 1.58. The van der Waals surface area contributed by atoms with E-state index in [2.05, 4.69) is 10.6 Å². The van der Waals surface area contributed by atoms with E-state index < -0.39 is 0 Å². The third-order valence-electron chi connectivity index (χ3n) is 4.45. The Kier molecular flexibility index (Phi) is 5.64. The van der Waals surface area contributed by atoms with Crippen LogP contribution in [-0.4, -0.2) is 36.8 Å². The van der Waals surface area contributed by atoms with Crippen LogP contribution in [0.15, 0.2) is 0 Å². The van der Waals surface area contributed by atoms with E-state index in [4.69, 9.17) is 0 Å². The van der Waals surface area contributed by atoms with Gasteiger partial charge in [0.15, 0.2) is 0 Å². The smallest absolute Gasteiger partial charge is 0.220 e. The van der Waals surface area contributed by atoms with Gasteiger partial charge in [-0.15, -0.1) is 0 Å². The summed E-state index contributed by atoms with van der Waals surface area (Å²) in [5.74, 6) is 0.193. The lowest BCUT2D eigenvalue weighted by molar-refractivity contribution is -0.121. The summed E-state index contributed by atoms with van der Waals surface area (Å²) < 4.78 is 0. The van der Waals surface area contributed by atoms with Crippen LogP contribution in [-0.2, 0) is 4.79 Å².